The second-order valence-electron chi connectivity index (χ2n) is 7.21. The number of benzene rings is 2. The lowest BCUT2D eigenvalue weighted by Crippen LogP contribution is -2.43. The van der Waals surface area contributed by atoms with Gasteiger partial charge >= 0.3 is 5.97 Å². The quantitative estimate of drug-likeness (QED) is 0.770. The molecule has 28 heavy (non-hydrogen) atoms. The highest BCUT2D eigenvalue weighted by Crippen LogP contribution is 2.32. The average Bonchev–Trinajstić information content (AvgIpc) is 3.04. The van der Waals surface area contributed by atoms with Crippen molar-refractivity contribution < 1.29 is 17.9 Å². The first-order valence-corrected chi connectivity index (χ1v) is 11.1. The lowest BCUT2D eigenvalue weighted by molar-refractivity contribution is 0.0437. The maximum Gasteiger partial charge on any atom is 0.340 e. The van der Waals surface area contributed by atoms with Gasteiger partial charge in [0.25, 0.3) is 0 Å². The summed E-state index contributed by atoms with van der Waals surface area (Å²) >= 11 is 0. The molecule has 0 saturated carbocycles. The molecule has 0 radical (unpaired) electrons. The highest BCUT2D eigenvalue weighted by atomic mass is 32.2. The molecule has 1 N–H and O–H groups in total. The summed E-state index contributed by atoms with van der Waals surface area (Å²) in [6.07, 6.45) is 3.15. The van der Waals surface area contributed by atoms with E-state index in [-0.39, 0.29) is 12.0 Å². The monoisotopic (exact) mass is 400 g/mol. The van der Waals surface area contributed by atoms with Crippen LogP contribution in [0.2, 0.25) is 0 Å². The van der Waals surface area contributed by atoms with Crippen LogP contribution in [0, 0.1) is 0 Å². The lowest BCUT2D eigenvalue weighted by atomic mass is 10.0. The minimum atomic E-state index is -3.50. The highest BCUT2D eigenvalue weighted by Gasteiger charge is 2.33. The van der Waals surface area contributed by atoms with Crippen LogP contribution >= 0.6 is 0 Å². The zero-order valence-electron chi connectivity index (χ0n) is 15.8. The first-order valence-electron chi connectivity index (χ1n) is 9.69. The molecule has 2 aliphatic heterocycles. The summed E-state index contributed by atoms with van der Waals surface area (Å²) in [4.78, 5) is 12.2. The van der Waals surface area contributed by atoms with Gasteiger partial charge in [-0.15, -0.1) is 0 Å². The van der Waals surface area contributed by atoms with Crippen molar-refractivity contribution in [3.05, 3.63) is 59.7 Å². The molecule has 0 bridgehead atoms. The fourth-order valence-corrected chi connectivity index (χ4v) is 5.73. The standard InChI is InChI=1S/C21H24N2O4S/c1-2-16-7-5-6-14-23(16)28(25,26)17-12-10-15(11-13-17)22-20-18-8-3-4-9-19(18)21(24)27-20/h3-4,8-13,16,20,22H,2,5-7,14H2,1H3. The number of hydrogen-bond acceptors (Lipinski definition) is 5. The lowest BCUT2D eigenvalue weighted by Gasteiger charge is -2.34. The number of anilines is 1. The SMILES string of the molecule is CCC1CCCCN1S(=O)(=O)c1ccc(NC2OC(=O)c3ccccc32)cc1. The molecular weight excluding hydrogens is 376 g/mol. The van der Waals surface area contributed by atoms with E-state index in [1.807, 2.05) is 19.1 Å². The first-order chi connectivity index (χ1) is 13.5. The summed E-state index contributed by atoms with van der Waals surface area (Å²) in [5, 5.41) is 3.15. The Morgan fingerprint density at radius 1 is 1.11 bits per heavy atom. The minimum absolute atomic E-state index is 0.0750. The van der Waals surface area contributed by atoms with E-state index in [1.165, 1.54) is 0 Å². The van der Waals surface area contributed by atoms with Crippen LogP contribution in [0.3, 0.4) is 0 Å². The number of nitrogens with one attached hydrogen (secondary N) is 1. The van der Waals surface area contributed by atoms with Crippen LogP contribution < -0.4 is 5.32 Å². The Labute approximate surface area is 165 Å². The molecule has 2 unspecified atom stereocenters. The number of carbonyl (C=O) groups is 1. The summed E-state index contributed by atoms with van der Waals surface area (Å²) in [5.74, 6) is -0.358. The van der Waals surface area contributed by atoms with E-state index in [4.69, 9.17) is 4.74 Å². The van der Waals surface area contributed by atoms with E-state index in [1.54, 1.807) is 40.7 Å². The molecule has 6 nitrogen and oxygen atoms in total. The number of nitrogens with zero attached hydrogens (tertiary/aromatic N) is 1. The van der Waals surface area contributed by atoms with E-state index in [2.05, 4.69) is 5.32 Å². The Morgan fingerprint density at radius 2 is 1.86 bits per heavy atom. The average molecular weight is 401 g/mol. The zero-order valence-corrected chi connectivity index (χ0v) is 16.6. The van der Waals surface area contributed by atoms with Crippen molar-refractivity contribution in [3.63, 3.8) is 0 Å². The number of rotatable bonds is 5. The highest BCUT2D eigenvalue weighted by molar-refractivity contribution is 7.89. The maximum absolute atomic E-state index is 13.1. The third-order valence-corrected chi connectivity index (χ3v) is 7.46. The topological polar surface area (TPSA) is 75.7 Å². The predicted molar refractivity (Wildman–Crippen MR) is 106 cm³/mol. The number of carbonyl (C=O) groups excluding carboxylic acids is 1. The molecule has 2 aliphatic rings. The van der Waals surface area contributed by atoms with E-state index in [0.29, 0.717) is 22.7 Å². The summed E-state index contributed by atoms with van der Waals surface area (Å²) in [7, 11) is -3.50. The van der Waals surface area contributed by atoms with Crippen molar-refractivity contribution in [2.24, 2.45) is 0 Å². The van der Waals surface area contributed by atoms with Crippen molar-refractivity contribution in [2.45, 2.75) is 49.8 Å². The Kier molecular flexibility index (Phi) is 5.12. The third kappa shape index (κ3) is 3.40. The van der Waals surface area contributed by atoms with Gasteiger partial charge in [-0.3, -0.25) is 0 Å². The van der Waals surface area contributed by atoms with E-state index in [0.717, 1.165) is 31.2 Å². The van der Waals surface area contributed by atoms with Crippen molar-refractivity contribution in [1.29, 1.82) is 0 Å². The van der Waals surface area contributed by atoms with Crippen molar-refractivity contribution >= 4 is 21.7 Å². The number of cyclic esters (lactones) is 1. The molecule has 2 aromatic carbocycles. The molecule has 0 aliphatic carbocycles. The molecule has 2 heterocycles. The minimum Gasteiger partial charge on any atom is -0.434 e. The van der Waals surface area contributed by atoms with Gasteiger partial charge in [0, 0.05) is 23.8 Å². The molecular formula is C21H24N2O4S. The van der Waals surface area contributed by atoms with Crippen molar-refractivity contribution in [1.82, 2.24) is 4.31 Å². The molecule has 0 spiro atoms. The largest absolute Gasteiger partial charge is 0.434 e. The van der Waals surface area contributed by atoms with Gasteiger partial charge in [0.2, 0.25) is 16.3 Å². The first kappa shape index (κ1) is 19.0. The molecule has 1 saturated heterocycles. The van der Waals surface area contributed by atoms with Gasteiger partial charge in [0.15, 0.2) is 0 Å². The number of fused-ring (bicyclic) bond motifs is 1. The summed E-state index contributed by atoms with van der Waals surface area (Å²) < 4.78 is 33.1. The molecule has 2 aromatic rings. The van der Waals surface area contributed by atoms with Gasteiger partial charge in [-0.2, -0.15) is 4.31 Å². The fraction of sp³-hybridized carbons (Fsp3) is 0.381. The van der Waals surface area contributed by atoms with E-state index in [9.17, 15) is 13.2 Å². The number of sulfonamides is 1. The zero-order chi connectivity index (χ0) is 19.7. The Morgan fingerprint density at radius 3 is 2.61 bits per heavy atom. The molecule has 2 atom stereocenters. The molecule has 4 rings (SSSR count). The van der Waals surface area contributed by atoms with Crippen LogP contribution in [-0.2, 0) is 14.8 Å². The smallest absolute Gasteiger partial charge is 0.340 e. The summed E-state index contributed by atoms with van der Waals surface area (Å²) in [6, 6.07) is 14.0. The Hall–Kier alpha value is -2.38. The van der Waals surface area contributed by atoms with Gasteiger partial charge < -0.3 is 10.1 Å². The fourth-order valence-electron chi connectivity index (χ4n) is 3.96. The van der Waals surface area contributed by atoms with E-state index >= 15 is 0 Å². The number of hydrogen-bond donors (Lipinski definition) is 1. The van der Waals surface area contributed by atoms with Gasteiger partial charge in [0.1, 0.15) is 0 Å². The molecule has 0 aromatic heterocycles. The van der Waals surface area contributed by atoms with Crippen LogP contribution in [0.15, 0.2) is 53.4 Å². The maximum atomic E-state index is 13.1. The molecule has 1 fully saturated rings. The van der Waals surface area contributed by atoms with Gasteiger partial charge in [-0.25, -0.2) is 13.2 Å². The molecule has 0 amide bonds. The van der Waals surface area contributed by atoms with Gasteiger partial charge in [0.05, 0.1) is 10.5 Å². The van der Waals surface area contributed by atoms with Crippen molar-refractivity contribution in [2.75, 3.05) is 11.9 Å². The van der Waals surface area contributed by atoms with E-state index < -0.39 is 16.3 Å². The van der Waals surface area contributed by atoms with Gasteiger partial charge in [-0.1, -0.05) is 31.5 Å². The van der Waals surface area contributed by atoms with Crippen LogP contribution in [0.4, 0.5) is 5.69 Å². The number of esters is 1. The molecule has 7 heteroatoms. The Balaban J connectivity index is 1.52. The van der Waals surface area contributed by atoms with Crippen LogP contribution in [0.5, 0.6) is 0 Å². The van der Waals surface area contributed by atoms with Crippen LogP contribution in [0.1, 0.15) is 54.8 Å². The second-order valence-corrected chi connectivity index (χ2v) is 9.11. The van der Waals surface area contributed by atoms with Crippen LogP contribution in [0.25, 0.3) is 0 Å². The van der Waals surface area contributed by atoms with Crippen molar-refractivity contribution in [3.8, 4) is 0 Å². The van der Waals surface area contributed by atoms with Crippen LogP contribution in [-0.4, -0.2) is 31.3 Å². The third-order valence-electron chi connectivity index (χ3n) is 5.49. The molecule has 148 valence electrons. The number of piperidine rings is 1. The van der Waals surface area contributed by atoms with Gasteiger partial charge in [-0.05, 0) is 49.6 Å². The number of ether oxygens (including phenoxy) is 1. The Bertz CT molecular complexity index is 972. The second kappa shape index (κ2) is 7.56. The predicted octanol–water partition coefficient (Wildman–Crippen LogP) is 3.92. The summed E-state index contributed by atoms with van der Waals surface area (Å²) in [5.41, 5.74) is 2.03. The normalized spacial score (nSPS) is 22.5. The summed E-state index contributed by atoms with van der Waals surface area (Å²) in [6.45, 7) is 2.61.